The van der Waals surface area contributed by atoms with Gasteiger partial charge in [-0.15, -0.1) is 11.6 Å². The number of rotatable bonds is 3. The lowest BCUT2D eigenvalue weighted by Gasteiger charge is -2.30. The summed E-state index contributed by atoms with van der Waals surface area (Å²) >= 11 is 12.6. The van der Waals surface area contributed by atoms with E-state index in [4.69, 9.17) is 28.3 Å². The molecule has 0 aromatic rings. The van der Waals surface area contributed by atoms with Crippen molar-refractivity contribution in [2.75, 3.05) is 0 Å². The van der Waals surface area contributed by atoms with Crippen molar-refractivity contribution in [1.82, 2.24) is 0 Å². The molecule has 4 heteroatoms. The van der Waals surface area contributed by atoms with Crippen LogP contribution in [0.5, 0.6) is 0 Å². The van der Waals surface area contributed by atoms with Crippen molar-refractivity contribution in [3.05, 3.63) is 22.8 Å². The summed E-state index contributed by atoms with van der Waals surface area (Å²) < 4.78 is 0. The molecule has 1 fully saturated rings. The summed E-state index contributed by atoms with van der Waals surface area (Å²) in [5.74, 6) is -0.353. The molecule has 1 saturated carbocycles. The van der Waals surface area contributed by atoms with Crippen molar-refractivity contribution in [1.29, 1.82) is 0 Å². The molecule has 1 unspecified atom stereocenters. The summed E-state index contributed by atoms with van der Waals surface area (Å²) in [5.41, 5.74) is 1.18. The Bertz CT molecular complexity index is 395. The Morgan fingerprint density at radius 1 is 1.39 bits per heavy atom. The number of carboxylic acid groups (broad SMARTS) is 1. The first-order valence-electron chi connectivity index (χ1n) is 6.49. The molecule has 1 atom stereocenters. The molecule has 0 aliphatic heterocycles. The van der Waals surface area contributed by atoms with Gasteiger partial charge in [-0.05, 0) is 24.3 Å². The van der Waals surface area contributed by atoms with E-state index in [0.29, 0.717) is 12.3 Å². The van der Waals surface area contributed by atoms with Crippen LogP contribution in [0.25, 0.3) is 0 Å². The SMILES string of the molecule is O=C(O)CC1(Cl)C=CC(C2CCCCC2)=C(Cl)C1. The number of aliphatic carboxylic acids is 1. The van der Waals surface area contributed by atoms with E-state index in [-0.39, 0.29) is 6.42 Å². The Labute approximate surface area is 118 Å². The maximum atomic E-state index is 10.8. The van der Waals surface area contributed by atoms with E-state index in [1.54, 1.807) is 0 Å². The monoisotopic (exact) mass is 288 g/mol. The zero-order valence-corrected chi connectivity index (χ0v) is 11.8. The second-order valence-electron chi connectivity index (χ2n) is 5.31. The Hall–Kier alpha value is -0.470. The molecule has 18 heavy (non-hydrogen) atoms. The molecule has 0 aromatic carbocycles. The van der Waals surface area contributed by atoms with Crippen LogP contribution in [0, 0.1) is 5.92 Å². The molecular formula is C14H18Cl2O2. The summed E-state index contributed by atoms with van der Waals surface area (Å²) in [7, 11) is 0. The smallest absolute Gasteiger partial charge is 0.305 e. The van der Waals surface area contributed by atoms with Crippen LogP contribution in [-0.4, -0.2) is 16.0 Å². The molecule has 0 saturated heterocycles. The third-order valence-electron chi connectivity index (χ3n) is 3.81. The number of hydrogen-bond acceptors (Lipinski definition) is 1. The topological polar surface area (TPSA) is 37.3 Å². The van der Waals surface area contributed by atoms with Gasteiger partial charge in [-0.3, -0.25) is 4.79 Å². The number of hydrogen-bond donors (Lipinski definition) is 1. The maximum absolute atomic E-state index is 10.8. The molecule has 0 spiro atoms. The van der Waals surface area contributed by atoms with E-state index in [0.717, 1.165) is 5.03 Å². The Balaban J connectivity index is 2.09. The van der Waals surface area contributed by atoms with Gasteiger partial charge < -0.3 is 5.11 Å². The van der Waals surface area contributed by atoms with E-state index in [2.05, 4.69) is 0 Å². The minimum Gasteiger partial charge on any atom is -0.481 e. The Morgan fingerprint density at radius 3 is 2.61 bits per heavy atom. The number of carbonyl (C=O) groups is 1. The van der Waals surface area contributed by atoms with Gasteiger partial charge in [0, 0.05) is 11.5 Å². The van der Waals surface area contributed by atoms with E-state index < -0.39 is 10.8 Å². The van der Waals surface area contributed by atoms with Crippen LogP contribution in [0.2, 0.25) is 0 Å². The lowest BCUT2D eigenvalue weighted by atomic mass is 9.80. The van der Waals surface area contributed by atoms with Crippen molar-refractivity contribution in [2.24, 2.45) is 5.92 Å². The molecule has 0 aromatic heterocycles. The first kappa shape index (κ1) is 14.0. The number of halogens is 2. The third kappa shape index (κ3) is 3.30. The van der Waals surface area contributed by atoms with Crippen LogP contribution in [-0.2, 0) is 4.79 Å². The molecular weight excluding hydrogens is 271 g/mol. The molecule has 0 radical (unpaired) electrons. The number of alkyl halides is 1. The van der Waals surface area contributed by atoms with Gasteiger partial charge in [-0.25, -0.2) is 0 Å². The normalized spacial score (nSPS) is 29.7. The summed E-state index contributed by atoms with van der Waals surface area (Å²) in [6, 6.07) is 0. The lowest BCUT2D eigenvalue weighted by molar-refractivity contribution is -0.137. The van der Waals surface area contributed by atoms with Gasteiger partial charge in [0.15, 0.2) is 0 Å². The first-order valence-corrected chi connectivity index (χ1v) is 7.24. The van der Waals surface area contributed by atoms with Crippen LogP contribution < -0.4 is 0 Å². The average molecular weight is 289 g/mol. The largest absolute Gasteiger partial charge is 0.481 e. The molecule has 100 valence electrons. The van der Waals surface area contributed by atoms with Gasteiger partial charge in [0.2, 0.25) is 0 Å². The Kier molecular flexibility index (Phi) is 4.39. The van der Waals surface area contributed by atoms with E-state index in [1.165, 1.54) is 37.7 Å². The highest BCUT2D eigenvalue weighted by Crippen LogP contribution is 2.42. The zero-order chi connectivity index (χ0) is 13.2. The van der Waals surface area contributed by atoms with Crippen molar-refractivity contribution in [2.45, 2.75) is 49.8 Å². The van der Waals surface area contributed by atoms with Crippen LogP contribution in [0.1, 0.15) is 44.9 Å². The summed E-state index contributed by atoms with van der Waals surface area (Å²) in [4.78, 5) is 9.94. The molecule has 1 N–H and O–H groups in total. The van der Waals surface area contributed by atoms with E-state index in [1.807, 2.05) is 12.2 Å². The van der Waals surface area contributed by atoms with Crippen molar-refractivity contribution in [3.63, 3.8) is 0 Å². The molecule has 0 bridgehead atoms. The highest BCUT2D eigenvalue weighted by Gasteiger charge is 2.33. The fraction of sp³-hybridized carbons (Fsp3) is 0.643. The van der Waals surface area contributed by atoms with Gasteiger partial charge in [-0.2, -0.15) is 0 Å². The van der Waals surface area contributed by atoms with Gasteiger partial charge >= 0.3 is 5.97 Å². The summed E-state index contributed by atoms with van der Waals surface area (Å²) in [6.07, 6.45) is 10.3. The fourth-order valence-electron chi connectivity index (χ4n) is 2.89. The number of carboxylic acids is 1. The Morgan fingerprint density at radius 2 is 2.06 bits per heavy atom. The molecule has 0 amide bonds. The van der Waals surface area contributed by atoms with Gasteiger partial charge in [0.1, 0.15) is 0 Å². The predicted molar refractivity (Wildman–Crippen MR) is 74.0 cm³/mol. The molecule has 2 rings (SSSR count). The quantitative estimate of drug-likeness (QED) is 0.778. The highest BCUT2D eigenvalue weighted by molar-refractivity contribution is 6.33. The molecule has 2 nitrogen and oxygen atoms in total. The van der Waals surface area contributed by atoms with Crippen LogP contribution >= 0.6 is 23.2 Å². The van der Waals surface area contributed by atoms with Gasteiger partial charge in [0.25, 0.3) is 0 Å². The fourth-order valence-corrected chi connectivity index (χ4v) is 3.73. The predicted octanol–water partition coefficient (Wildman–Crippen LogP) is 4.47. The minimum absolute atomic E-state index is 0.0841. The van der Waals surface area contributed by atoms with Crippen molar-refractivity contribution >= 4 is 29.2 Å². The second kappa shape index (κ2) is 5.66. The zero-order valence-electron chi connectivity index (χ0n) is 10.3. The molecule has 2 aliphatic carbocycles. The second-order valence-corrected chi connectivity index (χ2v) is 6.52. The van der Waals surface area contributed by atoms with E-state index in [9.17, 15) is 4.79 Å². The number of allylic oxidation sites excluding steroid dienone is 4. The van der Waals surface area contributed by atoms with Gasteiger partial charge in [0.05, 0.1) is 11.3 Å². The third-order valence-corrected chi connectivity index (χ3v) is 4.56. The van der Waals surface area contributed by atoms with Gasteiger partial charge in [-0.1, -0.05) is 43.0 Å². The van der Waals surface area contributed by atoms with Crippen LogP contribution in [0.4, 0.5) is 0 Å². The standard InChI is InChI=1S/C14H18Cl2O2/c15-12-8-14(16,9-13(17)18)7-6-11(12)10-4-2-1-3-5-10/h6-7,10H,1-5,8-9H2,(H,17,18). The average Bonchev–Trinajstić information content (AvgIpc) is 2.28. The highest BCUT2D eigenvalue weighted by atomic mass is 35.5. The first-order chi connectivity index (χ1) is 8.50. The molecule has 2 aliphatic rings. The van der Waals surface area contributed by atoms with Crippen LogP contribution in [0.15, 0.2) is 22.8 Å². The van der Waals surface area contributed by atoms with Crippen LogP contribution in [0.3, 0.4) is 0 Å². The molecule has 0 heterocycles. The van der Waals surface area contributed by atoms with Crippen molar-refractivity contribution < 1.29 is 9.90 Å². The summed E-state index contributed by atoms with van der Waals surface area (Å²) in [5, 5.41) is 9.60. The maximum Gasteiger partial charge on any atom is 0.305 e. The summed E-state index contributed by atoms with van der Waals surface area (Å²) in [6.45, 7) is 0. The minimum atomic E-state index is -0.889. The van der Waals surface area contributed by atoms with Crippen molar-refractivity contribution in [3.8, 4) is 0 Å². The van der Waals surface area contributed by atoms with E-state index >= 15 is 0 Å². The lowest BCUT2D eigenvalue weighted by Crippen LogP contribution is -2.26.